The van der Waals surface area contributed by atoms with Crippen LogP contribution in [-0.4, -0.2) is 37.5 Å². The van der Waals surface area contributed by atoms with Crippen molar-refractivity contribution in [2.75, 3.05) is 20.6 Å². The summed E-state index contributed by atoms with van der Waals surface area (Å²) >= 11 is 1.69. The van der Waals surface area contributed by atoms with Crippen LogP contribution >= 0.6 is 11.3 Å². The Labute approximate surface area is 112 Å². The molecule has 0 saturated carbocycles. The number of rotatable bonds is 7. The fourth-order valence-electron chi connectivity index (χ4n) is 1.63. The van der Waals surface area contributed by atoms with Gasteiger partial charge in [-0.05, 0) is 32.0 Å². The van der Waals surface area contributed by atoms with Gasteiger partial charge in [-0.3, -0.25) is 4.79 Å². The van der Waals surface area contributed by atoms with Crippen molar-refractivity contribution in [2.45, 2.75) is 18.5 Å². The van der Waals surface area contributed by atoms with Gasteiger partial charge in [0, 0.05) is 11.4 Å². The van der Waals surface area contributed by atoms with E-state index in [2.05, 4.69) is 22.9 Å². The standard InChI is InChI=1S/C13H21N3OS/c1-4-6-10(14)13(17)15-9-11(16(2)3)12-7-5-8-18-12/h4-5,7-8,10-11H,1,6,9,14H2,2-3H3,(H,15,17). The second kappa shape index (κ2) is 7.31. The lowest BCUT2D eigenvalue weighted by molar-refractivity contribution is -0.122. The van der Waals surface area contributed by atoms with E-state index in [0.717, 1.165) is 0 Å². The van der Waals surface area contributed by atoms with Crippen molar-refractivity contribution in [1.29, 1.82) is 0 Å². The van der Waals surface area contributed by atoms with Gasteiger partial charge in [0.2, 0.25) is 5.91 Å². The summed E-state index contributed by atoms with van der Waals surface area (Å²) in [5, 5.41) is 4.93. The predicted octanol–water partition coefficient (Wildman–Crippen LogP) is 1.37. The van der Waals surface area contributed by atoms with Gasteiger partial charge in [0.15, 0.2) is 0 Å². The molecular formula is C13H21N3OS. The molecule has 0 saturated heterocycles. The highest BCUT2D eigenvalue weighted by Gasteiger charge is 2.18. The molecule has 18 heavy (non-hydrogen) atoms. The van der Waals surface area contributed by atoms with E-state index in [4.69, 9.17) is 5.73 Å². The predicted molar refractivity (Wildman–Crippen MR) is 76.5 cm³/mol. The van der Waals surface area contributed by atoms with Crippen molar-refractivity contribution in [3.05, 3.63) is 35.0 Å². The van der Waals surface area contributed by atoms with Crippen LogP contribution in [0.5, 0.6) is 0 Å². The van der Waals surface area contributed by atoms with E-state index in [1.807, 2.05) is 25.5 Å². The first-order valence-electron chi connectivity index (χ1n) is 5.90. The lowest BCUT2D eigenvalue weighted by atomic mass is 10.2. The number of nitrogens with one attached hydrogen (secondary N) is 1. The number of nitrogens with zero attached hydrogens (tertiary/aromatic N) is 1. The molecule has 0 fully saturated rings. The van der Waals surface area contributed by atoms with Crippen LogP contribution in [0.3, 0.4) is 0 Å². The molecule has 100 valence electrons. The zero-order valence-electron chi connectivity index (χ0n) is 10.9. The monoisotopic (exact) mass is 267 g/mol. The third-order valence-electron chi connectivity index (χ3n) is 2.72. The van der Waals surface area contributed by atoms with Crippen LogP contribution in [-0.2, 0) is 4.79 Å². The van der Waals surface area contributed by atoms with Gasteiger partial charge in [-0.15, -0.1) is 17.9 Å². The first-order chi connectivity index (χ1) is 8.56. The summed E-state index contributed by atoms with van der Waals surface area (Å²) in [5.74, 6) is -0.127. The number of likely N-dealkylation sites (N-methyl/N-ethyl adjacent to an activating group) is 1. The lowest BCUT2D eigenvalue weighted by Crippen LogP contribution is -2.43. The molecule has 1 aromatic heterocycles. The quantitative estimate of drug-likeness (QED) is 0.734. The second-order valence-electron chi connectivity index (χ2n) is 4.37. The van der Waals surface area contributed by atoms with Crippen LogP contribution in [0.25, 0.3) is 0 Å². The fraction of sp³-hybridized carbons (Fsp3) is 0.462. The number of nitrogens with two attached hydrogens (primary N) is 1. The zero-order valence-corrected chi connectivity index (χ0v) is 11.7. The lowest BCUT2D eigenvalue weighted by Gasteiger charge is -2.24. The average Bonchev–Trinajstić information content (AvgIpc) is 2.82. The Kier molecular flexibility index (Phi) is 6.04. The number of carbonyl (C=O) groups is 1. The molecule has 0 aliphatic carbocycles. The smallest absolute Gasteiger partial charge is 0.237 e. The molecule has 4 nitrogen and oxygen atoms in total. The Morgan fingerprint density at radius 1 is 1.67 bits per heavy atom. The van der Waals surface area contributed by atoms with E-state index >= 15 is 0 Å². The van der Waals surface area contributed by atoms with Crippen molar-refractivity contribution < 1.29 is 4.79 Å². The molecule has 0 aliphatic rings. The second-order valence-corrected chi connectivity index (χ2v) is 5.35. The fourth-order valence-corrected chi connectivity index (χ4v) is 2.56. The highest BCUT2D eigenvalue weighted by atomic mass is 32.1. The molecule has 0 radical (unpaired) electrons. The van der Waals surface area contributed by atoms with Gasteiger partial charge in [-0.25, -0.2) is 0 Å². The Hall–Kier alpha value is -1.17. The van der Waals surface area contributed by atoms with Gasteiger partial charge in [-0.1, -0.05) is 12.1 Å². The van der Waals surface area contributed by atoms with Gasteiger partial charge in [0.05, 0.1) is 12.1 Å². The number of amides is 1. The summed E-state index contributed by atoms with van der Waals surface area (Å²) in [6, 6.07) is 3.77. The van der Waals surface area contributed by atoms with Crippen molar-refractivity contribution in [1.82, 2.24) is 10.2 Å². The Morgan fingerprint density at radius 3 is 2.89 bits per heavy atom. The first kappa shape index (κ1) is 14.9. The molecule has 2 atom stereocenters. The van der Waals surface area contributed by atoms with Crippen LogP contribution in [0.4, 0.5) is 0 Å². The van der Waals surface area contributed by atoms with E-state index in [-0.39, 0.29) is 11.9 Å². The largest absolute Gasteiger partial charge is 0.353 e. The van der Waals surface area contributed by atoms with E-state index in [1.54, 1.807) is 17.4 Å². The first-order valence-corrected chi connectivity index (χ1v) is 6.78. The molecule has 1 amide bonds. The molecule has 3 N–H and O–H groups in total. The summed E-state index contributed by atoms with van der Waals surface area (Å²) < 4.78 is 0. The Morgan fingerprint density at radius 2 is 2.39 bits per heavy atom. The van der Waals surface area contributed by atoms with Crippen molar-refractivity contribution in [3.63, 3.8) is 0 Å². The van der Waals surface area contributed by atoms with E-state index in [1.165, 1.54) is 4.88 Å². The molecule has 2 unspecified atom stereocenters. The molecule has 1 rings (SSSR count). The summed E-state index contributed by atoms with van der Waals surface area (Å²) in [5.41, 5.74) is 5.71. The summed E-state index contributed by atoms with van der Waals surface area (Å²) in [6.07, 6.45) is 2.16. The minimum absolute atomic E-state index is 0.127. The SMILES string of the molecule is C=CCC(N)C(=O)NCC(c1cccs1)N(C)C. The number of thiophene rings is 1. The molecule has 0 aromatic carbocycles. The van der Waals surface area contributed by atoms with E-state index in [0.29, 0.717) is 13.0 Å². The third-order valence-corrected chi connectivity index (χ3v) is 3.70. The third kappa shape index (κ3) is 4.25. The van der Waals surface area contributed by atoms with Gasteiger partial charge >= 0.3 is 0 Å². The highest BCUT2D eigenvalue weighted by molar-refractivity contribution is 7.10. The zero-order chi connectivity index (χ0) is 13.5. The molecule has 5 heteroatoms. The maximum absolute atomic E-state index is 11.7. The summed E-state index contributed by atoms with van der Waals surface area (Å²) in [6.45, 7) is 4.15. The molecular weight excluding hydrogens is 246 g/mol. The number of carbonyl (C=O) groups excluding carboxylic acids is 1. The Bertz CT molecular complexity index is 376. The van der Waals surface area contributed by atoms with Gasteiger partial charge in [0.25, 0.3) is 0 Å². The molecule has 0 aliphatic heterocycles. The van der Waals surface area contributed by atoms with Crippen LogP contribution in [0.1, 0.15) is 17.3 Å². The Balaban J connectivity index is 2.53. The minimum Gasteiger partial charge on any atom is -0.353 e. The molecule has 1 aromatic rings. The summed E-state index contributed by atoms with van der Waals surface area (Å²) in [7, 11) is 4.00. The summed E-state index contributed by atoms with van der Waals surface area (Å²) in [4.78, 5) is 15.1. The van der Waals surface area contributed by atoms with Crippen LogP contribution in [0.2, 0.25) is 0 Å². The van der Waals surface area contributed by atoms with Gasteiger partial charge in [0.1, 0.15) is 0 Å². The van der Waals surface area contributed by atoms with E-state index < -0.39 is 6.04 Å². The maximum atomic E-state index is 11.7. The van der Waals surface area contributed by atoms with E-state index in [9.17, 15) is 4.79 Å². The topological polar surface area (TPSA) is 58.4 Å². The molecule has 1 heterocycles. The van der Waals surface area contributed by atoms with Crippen LogP contribution < -0.4 is 11.1 Å². The van der Waals surface area contributed by atoms with Crippen molar-refractivity contribution >= 4 is 17.2 Å². The van der Waals surface area contributed by atoms with Crippen LogP contribution in [0, 0.1) is 0 Å². The normalized spacial score (nSPS) is 14.2. The van der Waals surface area contributed by atoms with Gasteiger partial charge in [-0.2, -0.15) is 0 Å². The molecule has 0 spiro atoms. The highest BCUT2D eigenvalue weighted by Crippen LogP contribution is 2.22. The van der Waals surface area contributed by atoms with Crippen molar-refractivity contribution in [3.8, 4) is 0 Å². The maximum Gasteiger partial charge on any atom is 0.237 e. The van der Waals surface area contributed by atoms with Crippen LogP contribution in [0.15, 0.2) is 30.2 Å². The number of hydrogen-bond acceptors (Lipinski definition) is 4. The average molecular weight is 267 g/mol. The minimum atomic E-state index is -0.506. The van der Waals surface area contributed by atoms with Gasteiger partial charge < -0.3 is 16.0 Å². The van der Waals surface area contributed by atoms with Crippen molar-refractivity contribution in [2.24, 2.45) is 5.73 Å². The molecule has 0 bridgehead atoms. The number of hydrogen-bond donors (Lipinski definition) is 2.